The maximum Gasteiger partial charge on any atom is 0.330 e. The van der Waals surface area contributed by atoms with E-state index in [4.69, 9.17) is 14.6 Å². The number of rotatable bonds is 6. The van der Waals surface area contributed by atoms with Crippen LogP contribution in [0.15, 0.2) is 24.3 Å². The minimum atomic E-state index is -0.482. The molecule has 0 amide bonds. The largest absolute Gasteiger partial charge is 0.380 e. The van der Waals surface area contributed by atoms with Gasteiger partial charge in [-0.1, -0.05) is 12.1 Å². The van der Waals surface area contributed by atoms with Crippen molar-refractivity contribution in [1.29, 1.82) is 0 Å². The standard InChI is InChI=1S/C21H31N3O3/c1-5-26-15-14-24-18-9-7-6-8-17(18)22-19(24)16-10-12-23(13-11-16)27-20(25)21(2,3)4/h6-9,16H,5,10-15H2,1-4H3. The third-order valence-electron chi connectivity index (χ3n) is 4.99. The number of carbonyl (C=O) groups is 1. The van der Waals surface area contributed by atoms with Crippen LogP contribution in [0.2, 0.25) is 0 Å². The first kappa shape index (κ1) is 19.8. The minimum absolute atomic E-state index is 0.176. The zero-order valence-electron chi connectivity index (χ0n) is 16.9. The Balaban J connectivity index is 1.71. The summed E-state index contributed by atoms with van der Waals surface area (Å²) in [5.74, 6) is 1.31. The third-order valence-corrected chi connectivity index (χ3v) is 4.99. The Bertz CT molecular complexity index is 771. The molecule has 1 aliphatic heterocycles. The van der Waals surface area contributed by atoms with E-state index in [0.717, 1.165) is 55.9 Å². The normalized spacial score (nSPS) is 16.7. The molecule has 1 aromatic heterocycles. The van der Waals surface area contributed by atoms with E-state index in [1.807, 2.05) is 33.8 Å². The van der Waals surface area contributed by atoms with Crippen LogP contribution in [0.5, 0.6) is 0 Å². The average molecular weight is 373 g/mol. The molecule has 0 saturated carbocycles. The third kappa shape index (κ3) is 4.68. The molecule has 0 aliphatic carbocycles. The van der Waals surface area contributed by atoms with Crippen molar-refractivity contribution in [3.63, 3.8) is 0 Å². The van der Waals surface area contributed by atoms with Crippen LogP contribution in [0.3, 0.4) is 0 Å². The zero-order chi connectivity index (χ0) is 19.4. The summed E-state index contributed by atoms with van der Waals surface area (Å²) in [5, 5.41) is 1.80. The van der Waals surface area contributed by atoms with Crippen LogP contribution in [-0.2, 0) is 20.9 Å². The van der Waals surface area contributed by atoms with Gasteiger partial charge in [0.1, 0.15) is 5.82 Å². The molecule has 0 N–H and O–H groups in total. The summed E-state index contributed by atoms with van der Waals surface area (Å²) in [7, 11) is 0. The molecular weight excluding hydrogens is 342 g/mol. The lowest BCUT2D eigenvalue weighted by molar-refractivity contribution is -0.204. The Kier molecular flexibility index (Phi) is 6.17. The summed E-state index contributed by atoms with van der Waals surface area (Å²) in [4.78, 5) is 22.6. The summed E-state index contributed by atoms with van der Waals surface area (Å²) >= 11 is 0. The van der Waals surface area contributed by atoms with Gasteiger partial charge in [-0.15, -0.1) is 5.06 Å². The van der Waals surface area contributed by atoms with Gasteiger partial charge in [-0.2, -0.15) is 0 Å². The van der Waals surface area contributed by atoms with E-state index in [1.54, 1.807) is 5.06 Å². The van der Waals surface area contributed by atoms with E-state index in [9.17, 15) is 4.79 Å². The van der Waals surface area contributed by atoms with E-state index in [-0.39, 0.29) is 5.97 Å². The summed E-state index contributed by atoms with van der Waals surface area (Å²) in [5.41, 5.74) is 1.71. The van der Waals surface area contributed by atoms with Crippen LogP contribution in [0.1, 0.15) is 52.3 Å². The van der Waals surface area contributed by atoms with Gasteiger partial charge < -0.3 is 14.1 Å². The van der Waals surface area contributed by atoms with E-state index < -0.39 is 5.41 Å². The van der Waals surface area contributed by atoms with Crippen molar-refractivity contribution < 1.29 is 14.4 Å². The summed E-state index contributed by atoms with van der Waals surface area (Å²) in [6.07, 6.45) is 1.85. The Morgan fingerprint density at radius 1 is 1.22 bits per heavy atom. The number of aromatic nitrogens is 2. The first-order valence-corrected chi connectivity index (χ1v) is 9.90. The van der Waals surface area contributed by atoms with Gasteiger partial charge in [-0.25, -0.2) is 9.78 Å². The highest BCUT2D eigenvalue weighted by atomic mass is 16.7. The molecule has 6 nitrogen and oxygen atoms in total. The van der Waals surface area contributed by atoms with Crippen LogP contribution < -0.4 is 0 Å². The van der Waals surface area contributed by atoms with E-state index in [1.165, 1.54) is 0 Å². The fourth-order valence-corrected chi connectivity index (χ4v) is 3.40. The van der Waals surface area contributed by atoms with E-state index in [0.29, 0.717) is 12.5 Å². The number of nitrogens with zero attached hydrogens (tertiary/aromatic N) is 3. The monoisotopic (exact) mass is 373 g/mol. The van der Waals surface area contributed by atoms with Gasteiger partial charge in [-0.3, -0.25) is 0 Å². The van der Waals surface area contributed by atoms with Crippen LogP contribution in [0, 0.1) is 5.41 Å². The number of benzene rings is 1. The Morgan fingerprint density at radius 2 is 1.93 bits per heavy atom. The molecule has 1 aromatic carbocycles. The lowest BCUT2D eigenvalue weighted by Crippen LogP contribution is -2.38. The highest BCUT2D eigenvalue weighted by Gasteiger charge is 2.30. The van der Waals surface area contributed by atoms with Crippen molar-refractivity contribution in [2.24, 2.45) is 5.41 Å². The number of carbonyl (C=O) groups excluding carboxylic acids is 1. The van der Waals surface area contributed by atoms with Crippen molar-refractivity contribution in [2.75, 3.05) is 26.3 Å². The van der Waals surface area contributed by atoms with Gasteiger partial charge in [-0.05, 0) is 52.7 Å². The number of hydroxylamine groups is 2. The van der Waals surface area contributed by atoms with Gasteiger partial charge in [0.25, 0.3) is 0 Å². The van der Waals surface area contributed by atoms with Crippen molar-refractivity contribution in [1.82, 2.24) is 14.6 Å². The second kappa shape index (κ2) is 8.40. The maximum atomic E-state index is 12.1. The van der Waals surface area contributed by atoms with E-state index >= 15 is 0 Å². The average Bonchev–Trinajstić information content (AvgIpc) is 3.00. The topological polar surface area (TPSA) is 56.6 Å². The van der Waals surface area contributed by atoms with Gasteiger partial charge in [0.2, 0.25) is 0 Å². The van der Waals surface area contributed by atoms with Crippen molar-refractivity contribution in [3.8, 4) is 0 Å². The highest BCUT2D eigenvalue weighted by molar-refractivity contribution is 5.76. The molecule has 1 aliphatic rings. The van der Waals surface area contributed by atoms with E-state index in [2.05, 4.69) is 22.8 Å². The molecule has 1 saturated heterocycles. The molecular formula is C21H31N3O3. The molecule has 6 heteroatoms. The second-order valence-corrected chi connectivity index (χ2v) is 8.14. The molecule has 0 radical (unpaired) electrons. The van der Waals surface area contributed by atoms with Gasteiger partial charge in [0.15, 0.2) is 0 Å². The van der Waals surface area contributed by atoms with Crippen LogP contribution in [-0.4, -0.2) is 46.9 Å². The summed E-state index contributed by atoms with van der Waals surface area (Å²) in [6, 6.07) is 8.27. The number of ether oxygens (including phenoxy) is 1. The number of hydrogen-bond donors (Lipinski definition) is 0. The SMILES string of the molecule is CCOCCn1c(C2CCN(OC(=O)C(C)(C)C)CC2)nc2ccccc21. The number of fused-ring (bicyclic) bond motifs is 1. The van der Waals surface area contributed by atoms with Gasteiger partial charge in [0, 0.05) is 32.2 Å². The first-order valence-electron chi connectivity index (χ1n) is 9.90. The Morgan fingerprint density at radius 3 is 2.59 bits per heavy atom. The van der Waals surface area contributed by atoms with Gasteiger partial charge in [0.05, 0.1) is 23.1 Å². The number of imidazole rings is 1. The molecule has 2 heterocycles. The summed E-state index contributed by atoms with van der Waals surface area (Å²) in [6.45, 7) is 11.3. The molecule has 0 atom stereocenters. The molecule has 0 bridgehead atoms. The molecule has 3 rings (SSSR count). The van der Waals surface area contributed by atoms with Crippen LogP contribution in [0.4, 0.5) is 0 Å². The lowest BCUT2D eigenvalue weighted by Gasteiger charge is -2.32. The second-order valence-electron chi connectivity index (χ2n) is 8.14. The number of para-hydroxylation sites is 2. The fraction of sp³-hybridized carbons (Fsp3) is 0.619. The Hall–Kier alpha value is -1.92. The minimum Gasteiger partial charge on any atom is -0.380 e. The zero-order valence-corrected chi connectivity index (χ0v) is 16.9. The summed E-state index contributed by atoms with van der Waals surface area (Å²) < 4.78 is 7.87. The fourth-order valence-electron chi connectivity index (χ4n) is 3.40. The number of hydrogen-bond acceptors (Lipinski definition) is 5. The molecule has 148 valence electrons. The molecule has 0 spiro atoms. The predicted molar refractivity (Wildman–Crippen MR) is 105 cm³/mol. The lowest BCUT2D eigenvalue weighted by atomic mass is 9.96. The molecule has 2 aromatic rings. The van der Waals surface area contributed by atoms with Gasteiger partial charge >= 0.3 is 5.97 Å². The molecule has 1 fully saturated rings. The maximum absolute atomic E-state index is 12.1. The highest BCUT2D eigenvalue weighted by Crippen LogP contribution is 2.31. The number of piperidine rings is 1. The van der Waals surface area contributed by atoms with Crippen molar-refractivity contribution >= 4 is 17.0 Å². The van der Waals surface area contributed by atoms with Crippen molar-refractivity contribution in [2.45, 2.75) is 53.0 Å². The van der Waals surface area contributed by atoms with Crippen LogP contribution in [0.25, 0.3) is 11.0 Å². The quantitative estimate of drug-likeness (QED) is 0.722. The molecule has 0 unspecified atom stereocenters. The van der Waals surface area contributed by atoms with Crippen LogP contribution >= 0.6 is 0 Å². The Labute approximate surface area is 161 Å². The molecule has 27 heavy (non-hydrogen) atoms. The first-order chi connectivity index (χ1) is 12.9. The smallest absolute Gasteiger partial charge is 0.330 e. The predicted octanol–water partition coefficient (Wildman–Crippen LogP) is 3.76. The van der Waals surface area contributed by atoms with Crippen molar-refractivity contribution in [3.05, 3.63) is 30.1 Å².